The molecular weight excluding hydrogens is 176 g/mol. The van der Waals surface area contributed by atoms with Gasteiger partial charge in [0.15, 0.2) is 0 Å². The van der Waals surface area contributed by atoms with Gasteiger partial charge in [-0.15, -0.1) is 0 Å². The van der Waals surface area contributed by atoms with Crippen LogP contribution in [0.4, 0.5) is 0 Å². The SMILES string of the molecule is O=C(O)CCSCc1ccco1. The first kappa shape index (κ1) is 9.19. The maximum Gasteiger partial charge on any atom is 0.304 e. The lowest BCUT2D eigenvalue weighted by Gasteiger charge is -1.94. The summed E-state index contributed by atoms with van der Waals surface area (Å²) in [5.74, 6) is 1.53. The lowest BCUT2D eigenvalue weighted by molar-refractivity contribution is -0.136. The third kappa shape index (κ3) is 3.48. The zero-order valence-electron chi connectivity index (χ0n) is 6.53. The molecule has 1 rings (SSSR count). The number of hydrogen-bond donors (Lipinski definition) is 1. The molecule has 0 amide bonds. The summed E-state index contributed by atoms with van der Waals surface area (Å²) in [5.41, 5.74) is 0. The van der Waals surface area contributed by atoms with Crippen molar-refractivity contribution in [1.29, 1.82) is 0 Å². The molecule has 0 unspecified atom stereocenters. The summed E-state index contributed by atoms with van der Waals surface area (Å²) in [4.78, 5) is 10.1. The van der Waals surface area contributed by atoms with E-state index in [1.807, 2.05) is 12.1 Å². The van der Waals surface area contributed by atoms with Crippen LogP contribution in [0.15, 0.2) is 22.8 Å². The predicted octanol–water partition coefficient (Wildman–Crippen LogP) is 1.99. The van der Waals surface area contributed by atoms with Gasteiger partial charge in [0.1, 0.15) is 5.76 Å². The number of rotatable bonds is 5. The molecule has 4 heteroatoms. The highest BCUT2D eigenvalue weighted by Crippen LogP contribution is 2.12. The Morgan fingerprint density at radius 2 is 2.50 bits per heavy atom. The van der Waals surface area contributed by atoms with E-state index in [4.69, 9.17) is 9.52 Å². The molecule has 0 aromatic carbocycles. The van der Waals surface area contributed by atoms with E-state index in [1.165, 1.54) is 0 Å². The van der Waals surface area contributed by atoms with Gasteiger partial charge in [-0.25, -0.2) is 0 Å². The van der Waals surface area contributed by atoms with E-state index in [0.29, 0.717) is 5.75 Å². The Morgan fingerprint density at radius 3 is 3.08 bits per heavy atom. The minimum absolute atomic E-state index is 0.214. The van der Waals surface area contributed by atoms with Crippen LogP contribution in [0, 0.1) is 0 Å². The third-order valence-electron chi connectivity index (χ3n) is 1.28. The van der Waals surface area contributed by atoms with Crippen molar-refractivity contribution < 1.29 is 14.3 Å². The molecule has 1 heterocycles. The van der Waals surface area contributed by atoms with Gasteiger partial charge in [-0.2, -0.15) is 11.8 Å². The van der Waals surface area contributed by atoms with Crippen molar-refractivity contribution in [1.82, 2.24) is 0 Å². The van der Waals surface area contributed by atoms with Crippen molar-refractivity contribution in [2.45, 2.75) is 12.2 Å². The molecular formula is C8H10O3S. The number of hydrogen-bond acceptors (Lipinski definition) is 3. The monoisotopic (exact) mass is 186 g/mol. The lowest BCUT2D eigenvalue weighted by atomic mass is 10.5. The van der Waals surface area contributed by atoms with Crippen LogP contribution in [0.5, 0.6) is 0 Å². The van der Waals surface area contributed by atoms with Gasteiger partial charge in [-0.05, 0) is 12.1 Å². The molecule has 0 aliphatic heterocycles. The predicted molar refractivity (Wildman–Crippen MR) is 47.1 cm³/mol. The van der Waals surface area contributed by atoms with Gasteiger partial charge >= 0.3 is 5.97 Å². The van der Waals surface area contributed by atoms with E-state index < -0.39 is 5.97 Å². The number of carboxylic acid groups (broad SMARTS) is 1. The maximum atomic E-state index is 10.1. The third-order valence-corrected chi connectivity index (χ3v) is 2.27. The van der Waals surface area contributed by atoms with Crippen LogP contribution in [0.1, 0.15) is 12.2 Å². The van der Waals surface area contributed by atoms with Crippen LogP contribution in [-0.4, -0.2) is 16.8 Å². The number of carboxylic acids is 1. The molecule has 66 valence electrons. The smallest absolute Gasteiger partial charge is 0.304 e. The standard InChI is InChI=1S/C8H10O3S/c9-8(10)3-5-12-6-7-2-1-4-11-7/h1-2,4H,3,5-6H2,(H,9,10). The average molecular weight is 186 g/mol. The van der Waals surface area contributed by atoms with Crippen LogP contribution in [0.25, 0.3) is 0 Å². The topological polar surface area (TPSA) is 50.4 Å². The zero-order chi connectivity index (χ0) is 8.81. The normalized spacial score (nSPS) is 10.0. The molecule has 0 radical (unpaired) electrons. The van der Waals surface area contributed by atoms with Crippen molar-refractivity contribution in [2.75, 3.05) is 5.75 Å². The summed E-state index contributed by atoms with van der Waals surface area (Å²) < 4.78 is 5.07. The number of thioether (sulfide) groups is 1. The molecule has 0 bridgehead atoms. The van der Waals surface area contributed by atoms with Gasteiger partial charge in [0.05, 0.1) is 18.4 Å². The van der Waals surface area contributed by atoms with Crippen LogP contribution in [0.2, 0.25) is 0 Å². The van der Waals surface area contributed by atoms with Crippen molar-refractivity contribution in [3.8, 4) is 0 Å². The highest BCUT2D eigenvalue weighted by molar-refractivity contribution is 7.98. The van der Waals surface area contributed by atoms with E-state index in [0.717, 1.165) is 11.5 Å². The molecule has 12 heavy (non-hydrogen) atoms. The molecule has 1 aromatic rings. The molecule has 0 aliphatic carbocycles. The van der Waals surface area contributed by atoms with Gasteiger partial charge in [0.25, 0.3) is 0 Å². The van der Waals surface area contributed by atoms with Crippen LogP contribution >= 0.6 is 11.8 Å². The average Bonchev–Trinajstić information content (AvgIpc) is 2.49. The van der Waals surface area contributed by atoms with E-state index in [1.54, 1.807) is 18.0 Å². The number of furan rings is 1. The highest BCUT2D eigenvalue weighted by atomic mass is 32.2. The van der Waals surface area contributed by atoms with Crippen LogP contribution in [0.3, 0.4) is 0 Å². The largest absolute Gasteiger partial charge is 0.481 e. The van der Waals surface area contributed by atoms with Gasteiger partial charge in [-0.3, -0.25) is 4.79 Å². The maximum absolute atomic E-state index is 10.1. The molecule has 3 nitrogen and oxygen atoms in total. The molecule has 0 atom stereocenters. The van der Waals surface area contributed by atoms with Crippen molar-refractivity contribution in [3.05, 3.63) is 24.2 Å². The Balaban J connectivity index is 2.07. The van der Waals surface area contributed by atoms with Gasteiger partial charge in [-0.1, -0.05) is 0 Å². The lowest BCUT2D eigenvalue weighted by Crippen LogP contribution is -1.95. The van der Waals surface area contributed by atoms with Gasteiger partial charge < -0.3 is 9.52 Å². The van der Waals surface area contributed by atoms with Gasteiger partial charge in [0, 0.05) is 5.75 Å². The Kier molecular flexibility index (Phi) is 3.73. The Bertz CT molecular complexity index is 230. The highest BCUT2D eigenvalue weighted by Gasteiger charge is 1.98. The molecule has 0 aliphatic rings. The summed E-state index contributed by atoms with van der Waals surface area (Å²) >= 11 is 1.56. The summed E-state index contributed by atoms with van der Waals surface area (Å²) in [5, 5.41) is 8.33. The number of aliphatic carboxylic acids is 1. The second-order valence-corrected chi connectivity index (χ2v) is 3.38. The second-order valence-electron chi connectivity index (χ2n) is 2.28. The molecule has 0 fully saturated rings. The summed E-state index contributed by atoms with van der Waals surface area (Å²) in [7, 11) is 0. The fourth-order valence-corrected chi connectivity index (χ4v) is 1.56. The molecule has 0 saturated carbocycles. The molecule has 0 saturated heterocycles. The first-order valence-electron chi connectivity index (χ1n) is 3.61. The van der Waals surface area contributed by atoms with Crippen molar-refractivity contribution in [2.24, 2.45) is 0 Å². The number of carbonyl (C=O) groups is 1. The zero-order valence-corrected chi connectivity index (χ0v) is 7.34. The van der Waals surface area contributed by atoms with E-state index in [-0.39, 0.29) is 6.42 Å². The fraction of sp³-hybridized carbons (Fsp3) is 0.375. The van der Waals surface area contributed by atoms with Crippen LogP contribution in [-0.2, 0) is 10.5 Å². The van der Waals surface area contributed by atoms with Crippen molar-refractivity contribution in [3.63, 3.8) is 0 Å². The second kappa shape index (κ2) is 4.87. The van der Waals surface area contributed by atoms with E-state index in [2.05, 4.69) is 0 Å². The first-order chi connectivity index (χ1) is 5.79. The molecule has 0 spiro atoms. The Hall–Kier alpha value is -0.900. The first-order valence-corrected chi connectivity index (χ1v) is 4.76. The van der Waals surface area contributed by atoms with E-state index in [9.17, 15) is 4.79 Å². The fourth-order valence-electron chi connectivity index (χ4n) is 0.727. The Morgan fingerprint density at radius 1 is 1.67 bits per heavy atom. The van der Waals surface area contributed by atoms with Crippen LogP contribution < -0.4 is 0 Å². The summed E-state index contributed by atoms with van der Waals surface area (Å²) in [6.45, 7) is 0. The van der Waals surface area contributed by atoms with Gasteiger partial charge in [0.2, 0.25) is 0 Å². The van der Waals surface area contributed by atoms with E-state index >= 15 is 0 Å². The summed E-state index contributed by atoms with van der Waals surface area (Å²) in [6.07, 6.45) is 1.83. The Labute approximate surface area is 74.8 Å². The minimum atomic E-state index is -0.748. The summed E-state index contributed by atoms with van der Waals surface area (Å²) in [6, 6.07) is 3.71. The minimum Gasteiger partial charge on any atom is -0.481 e. The van der Waals surface area contributed by atoms with Crippen molar-refractivity contribution >= 4 is 17.7 Å². The molecule has 1 N–H and O–H groups in total. The quantitative estimate of drug-likeness (QED) is 0.714. The molecule has 1 aromatic heterocycles.